The second kappa shape index (κ2) is 10.5. The lowest BCUT2D eigenvalue weighted by Crippen LogP contribution is -3.00. The number of hydrogen-bond donors (Lipinski definition) is 1. The number of fused-ring (bicyclic) bond motifs is 1. The lowest BCUT2D eigenvalue weighted by atomic mass is 10.1. The molecular weight excluding hydrogens is 503 g/mol. The van der Waals surface area contributed by atoms with E-state index in [4.69, 9.17) is 10.5 Å². The SMILES string of the molecule is C=Cc1cccc2c1[N+](CCCCOc1ccccc1)(c1ccccc1)C(N)S2.[I-]. The van der Waals surface area contributed by atoms with Gasteiger partial charge in [0.25, 0.3) is 0 Å². The van der Waals surface area contributed by atoms with Crippen molar-refractivity contribution in [3.8, 4) is 5.75 Å². The number of hydrogen-bond acceptors (Lipinski definition) is 3. The van der Waals surface area contributed by atoms with E-state index in [1.807, 2.05) is 36.4 Å². The standard InChI is InChI=1S/C25H27N2OS.HI/c1-2-20-12-11-17-23-24(20)27(25(26)29-23,21-13-5-3-6-14-21)18-9-10-19-28-22-15-7-4-8-16-22;/h2-8,11-17,25H,1,9-10,18-19,26H2;1H/q+1;/p-1. The summed E-state index contributed by atoms with van der Waals surface area (Å²) in [6.07, 6.45) is 3.94. The van der Waals surface area contributed by atoms with Gasteiger partial charge in [0.1, 0.15) is 11.4 Å². The third kappa shape index (κ3) is 4.44. The summed E-state index contributed by atoms with van der Waals surface area (Å²) in [6, 6.07) is 27.0. The molecule has 30 heavy (non-hydrogen) atoms. The van der Waals surface area contributed by atoms with Gasteiger partial charge in [-0.05, 0) is 54.6 Å². The first kappa shape index (κ1) is 22.9. The fourth-order valence-corrected chi connectivity index (χ4v) is 5.40. The number of rotatable bonds is 8. The molecule has 3 aromatic carbocycles. The molecule has 0 aromatic heterocycles. The van der Waals surface area contributed by atoms with Crippen LogP contribution in [-0.2, 0) is 0 Å². The van der Waals surface area contributed by atoms with Gasteiger partial charge in [0.2, 0.25) is 5.50 Å². The van der Waals surface area contributed by atoms with Crippen LogP contribution in [0.1, 0.15) is 18.4 Å². The van der Waals surface area contributed by atoms with Gasteiger partial charge >= 0.3 is 0 Å². The number of nitrogens with two attached hydrogens (primary N) is 1. The number of ether oxygens (including phenoxy) is 1. The normalized spacial score (nSPS) is 19.6. The molecule has 0 bridgehead atoms. The molecule has 2 unspecified atom stereocenters. The first-order chi connectivity index (χ1) is 14.3. The Labute approximate surface area is 200 Å². The van der Waals surface area contributed by atoms with Crippen molar-refractivity contribution in [3.05, 3.63) is 91.0 Å². The zero-order chi connectivity index (χ0) is 20.1. The van der Waals surface area contributed by atoms with Crippen LogP contribution in [0.25, 0.3) is 6.08 Å². The quantitative estimate of drug-likeness (QED) is 0.276. The molecule has 1 heterocycles. The van der Waals surface area contributed by atoms with E-state index in [9.17, 15) is 0 Å². The van der Waals surface area contributed by atoms with Crippen molar-refractivity contribution in [3.63, 3.8) is 0 Å². The highest BCUT2D eigenvalue weighted by Gasteiger charge is 2.48. The van der Waals surface area contributed by atoms with Crippen molar-refractivity contribution < 1.29 is 28.7 Å². The van der Waals surface area contributed by atoms with Crippen LogP contribution in [0.5, 0.6) is 5.75 Å². The van der Waals surface area contributed by atoms with Gasteiger partial charge in [0.15, 0.2) is 5.69 Å². The number of unbranched alkanes of at least 4 members (excludes halogenated alkanes) is 1. The average molecular weight is 530 g/mol. The average Bonchev–Trinajstić information content (AvgIpc) is 3.07. The van der Waals surface area contributed by atoms with Gasteiger partial charge < -0.3 is 28.7 Å². The number of halogens is 1. The highest BCUT2D eigenvalue weighted by molar-refractivity contribution is 8.00. The molecule has 0 aliphatic carbocycles. The minimum absolute atomic E-state index is 0. The van der Waals surface area contributed by atoms with Crippen LogP contribution in [-0.4, -0.2) is 18.6 Å². The molecule has 0 fully saturated rings. The molecule has 2 atom stereocenters. The van der Waals surface area contributed by atoms with Crippen molar-refractivity contribution in [2.75, 3.05) is 13.2 Å². The Morgan fingerprint density at radius 2 is 1.63 bits per heavy atom. The Morgan fingerprint density at radius 3 is 2.33 bits per heavy atom. The first-order valence-corrected chi connectivity index (χ1v) is 10.9. The van der Waals surface area contributed by atoms with Crippen molar-refractivity contribution in [1.82, 2.24) is 4.48 Å². The van der Waals surface area contributed by atoms with E-state index in [0.717, 1.165) is 30.7 Å². The lowest BCUT2D eigenvalue weighted by molar-refractivity contribution is -0.00000619. The van der Waals surface area contributed by atoms with E-state index in [0.29, 0.717) is 11.1 Å². The molecule has 3 nitrogen and oxygen atoms in total. The van der Waals surface area contributed by atoms with E-state index in [1.165, 1.54) is 16.3 Å². The van der Waals surface area contributed by atoms with E-state index in [2.05, 4.69) is 55.1 Å². The van der Waals surface area contributed by atoms with Gasteiger partial charge in [-0.25, -0.2) is 4.48 Å². The molecule has 0 radical (unpaired) electrons. The lowest BCUT2D eigenvalue weighted by Gasteiger charge is -2.38. The molecule has 1 aliphatic heterocycles. The van der Waals surface area contributed by atoms with Crippen molar-refractivity contribution >= 4 is 29.2 Å². The maximum absolute atomic E-state index is 6.80. The maximum Gasteiger partial charge on any atom is 0.202 e. The molecule has 2 N–H and O–H groups in total. The topological polar surface area (TPSA) is 35.2 Å². The first-order valence-electron chi connectivity index (χ1n) is 10.0. The molecule has 0 saturated carbocycles. The molecule has 1 aliphatic rings. The second-order valence-electron chi connectivity index (χ2n) is 7.20. The van der Waals surface area contributed by atoms with Gasteiger partial charge in [-0.15, -0.1) is 0 Å². The largest absolute Gasteiger partial charge is 1.00 e. The van der Waals surface area contributed by atoms with Crippen molar-refractivity contribution in [2.45, 2.75) is 23.2 Å². The third-order valence-electron chi connectivity index (χ3n) is 5.47. The predicted molar refractivity (Wildman–Crippen MR) is 124 cm³/mol. The second-order valence-corrected chi connectivity index (χ2v) is 8.36. The van der Waals surface area contributed by atoms with Crippen LogP contribution in [0.2, 0.25) is 0 Å². The predicted octanol–water partition coefficient (Wildman–Crippen LogP) is 3.18. The summed E-state index contributed by atoms with van der Waals surface area (Å²) in [5.41, 5.74) is 10.4. The van der Waals surface area contributed by atoms with Crippen LogP contribution >= 0.6 is 11.8 Å². The van der Waals surface area contributed by atoms with E-state index in [-0.39, 0.29) is 29.5 Å². The van der Waals surface area contributed by atoms with Crippen LogP contribution < -0.4 is 38.9 Å². The molecule has 5 heteroatoms. The smallest absolute Gasteiger partial charge is 0.202 e. The minimum atomic E-state index is -0.0801. The van der Waals surface area contributed by atoms with Gasteiger partial charge in [0, 0.05) is 12.0 Å². The van der Waals surface area contributed by atoms with Gasteiger partial charge in [-0.3, -0.25) is 5.73 Å². The van der Waals surface area contributed by atoms with Crippen LogP contribution in [0.4, 0.5) is 11.4 Å². The van der Waals surface area contributed by atoms with E-state index in [1.54, 1.807) is 11.8 Å². The molecular formula is C25H27IN2OS. The van der Waals surface area contributed by atoms with Gasteiger partial charge in [-0.2, -0.15) is 0 Å². The molecule has 4 rings (SSSR count). The summed E-state index contributed by atoms with van der Waals surface area (Å²) >= 11 is 1.75. The summed E-state index contributed by atoms with van der Waals surface area (Å²) in [7, 11) is 0. The van der Waals surface area contributed by atoms with Crippen molar-refractivity contribution in [1.29, 1.82) is 0 Å². The van der Waals surface area contributed by atoms with Crippen LogP contribution in [0.3, 0.4) is 0 Å². The fourth-order valence-electron chi connectivity index (χ4n) is 4.08. The summed E-state index contributed by atoms with van der Waals surface area (Å²) in [5, 5.41) is 0. The highest BCUT2D eigenvalue weighted by Crippen LogP contribution is 2.53. The Hall–Kier alpha value is -1.80. The van der Waals surface area contributed by atoms with Crippen LogP contribution in [0, 0.1) is 0 Å². The Kier molecular flexibility index (Phi) is 7.99. The van der Waals surface area contributed by atoms with Gasteiger partial charge in [-0.1, -0.05) is 55.1 Å². The zero-order valence-corrected chi connectivity index (χ0v) is 19.9. The number of para-hydroxylation sites is 3. The summed E-state index contributed by atoms with van der Waals surface area (Å²) in [6.45, 7) is 5.69. The number of benzene rings is 3. The molecule has 0 spiro atoms. The summed E-state index contributed by atoms with van der Waals surface area (Å²) in [5.74, 6) is 0.923. The Morgan fingerprint density at radius 1 is 0.933 bits per heavy atom. The zero-order valence-electron chi connectivity index (χ0n) is 16.9. The molecule has 156 valence electrons. The fraction of sp³-hybridized carbons (Fsp3) is 0.200. The minimum Gasteiger partial charge on any atom is -1.00 e. The molecule has 3 aromatic rings. The number of quaternary nitrogens is 1. The monoisotopic (exact) mass is 530 g/mol. The Bertz CT molecular complexity index is 967. The third-order valence-corrected chi connectivity index (χ3v) is 6.65. The van der Waals surface area contributed by atoms with Crippen LogP contribution in [0.15, 0.2) is 90.3 Å². The summed E-state index contributed by atoms with van der Waals surface area (Å²) in [4.78, 5) is 1.25. The maximum atomic E-state index is 6.80. The number of nitrogens with zero attached hydrogens (tertiary/aromatic N) is 1. The molecule has 0 saturated heterocycles. The van der Waals surface area contributed by atoms with E-state index >= 15 is 0 Å². The number of thioether (sulfide) groups is 1. The molecule has 0 amide bonds. The highest BCUT2D eigenvalue weighted by atomic mass is 127. The Balaban J connectivity index is 0.00000256. The summed E-state index contributed by atoms with van der Waals surface area (Å²) < 4.78 is 6.54. The van der Waals surface area contributed by atoms with Crippen molar-refractivity contribution in [2.24, 2.45) is 5.73 Å². The van der Waals surface area contributed by atoms with E-state index < -0.39 is 0 Å². The van der Waals surface area contributed by atoms with Gasteiger partial charge in [0.05, 0.1) is 18.0 Å².